The number of nitrogens with two attached hydrogens (primary N) is 1. The summed E-state index contributed by atoms with van der Waals surface area (Å²) < 4.78 is 22.7. The third kappa shape index (κ3) is 3.11. The zero-order valence-corrected chi connectivity index (χ0v) is 15.1. The van der Waals surface area contributed by atoms with E-state index in [-0.39, 0.29) is 17.2 Å². The summed E-state index contributed by atoms with van der Waals surface area (Å²) in [5.41, 5.74) is 6.50. The fourth-order valence-corrected chi connectivity index (χ4v) is 3.16. The molecule has 0 saturated carbocycles. The highest BCUT2D eigenvalue weighted by atomic mass is 35.5. The molecule has 7 nitrogen and oxygen atoms in total. The van der Waals surface area contributed by atoms with Gasteiger partial charge in [0, 0.05) is 6.42 Å². The molecule has 0 fully saturated rings. The molecule has 0 radical (unpaired) electrons. The van der Waals surface area contributed by atoms with Crippen molar-refractivity contribution in [3.63, 3.8) is 0 Å². The monoisotopic (exact) mass is 365 g/mol. The maximum atomic E-state index is 6.23. The number of anilines is 1. The number of methoxy groups -OCH3 is 3. The first-order valence-corrected chi connectivity index (χ1v) is 8.24. The second-order valence-corrected chi connectivity index (χ2v) is 5.89. The summed E-state index contributed by atoms with van der Waals surface area (Å²) in [6, 6.07) is 0. The SMILES string of the molecule is COc1c(OC)c(OC)c2c(N)nc(Cl)nc2c1OC1CC=CCC1. The molecule has 1 aromatic carbocycles. The first kappa shape index (κ1) is 17.4. The Morgan fingerprint density at radius 3 is 2.28 bits per heavy atom. The summed E-state index contributed by atoms with van der Waals surface area (Å²) in [5, 5.41) is 0.499. The predicted molar refractivity (Wildman–Crippen MR) is 96.0 cm³/mol. The Labute approximate surface area is 150 Å². The molecule has 1 heterocycles. The van der Waals surface area contributed by atoms with Crippen molar-refractivity contribution < 1.29 is 18.9 Å². The van der Waals surface area contributed by atoms with Crippen molar-refractivity contribution in [2.24, 2.45) is 0 Å². The van der Waals surface area contributed by atoms with E-state index in [0.717, 1.165) is 19.3 Å². The maximum absolute atomic E-state index is 6.23. The Balaban J connectivity index is 2.29. The van der Waals surface area contributed by atoms with Gasteiger partial charge in [-0.25, -0.2) is 9.97 Å². The molecule has 1 aliphatic carbocycles. The van der Waals surface area contributed by atoms with E-state index in [1.807, 2.05) is 0 Å². The van der Waals surface area contributed by atoms with Gasteiger partial charge in [0.2, 0.25) is 16.8 Å². The molecule has 0 saturated heterocycles. The molecule has 25 heavy (non-hydrogen) atoms. The van der Waals surface area contributed by atoms with Gasteiger partial charge in [-0.3, -0.25) is 0 Å². The zero-order valence-electron chi connectivity index (χ0n) is 14.3. The average Bonchev–Trinajstić information content (AvgIpc) is 2.62. The number of halogens is 1. The van der Waals surface area contributed by atoms with Crippen molar-refractivity contribution in [2.75, 3.05) is 27.1 Å². The molecule has 1 aliphatic rings. The van der Waals surface area contributed by atoms with Gasteiger partial charge in [-0.1, -0.05) is 12.2 Å². The van der Waals surface area contributed by atoms with Crippen LogP contribution in [0.1, 0.15) is 19.3 Å². The highest BCUT2D eigenvalue weighted by Gasteiger charge is 2.28. The molecule has 3 rings (SSSR count). The quantitative estimate of drug-likeness (QED) is 0.641. The van der Waals surface area contributed by atoms with Gasteiger partial charge in [0.1, 0.15) is 17.4 Å². The first-order valence-electron chi connectivity index (χ1n) is 7.87. The molecule has 1 aromatic heterocycles. The van der Waals surface area contributed by atoms with Crippen molar-refractivity contribution >= 4 is 28.3 Å². The number of hydrogen-bond donors (Lipinski definition) is 1. The van der Waals surface area contributed by atoms with Crippen LogP contribution in [0.4, 0.5) is 5.82 Å². The highest BCUT2D eigenvalue weighted by molar-refractivity contribution is 6.29. The second-order valence-electron chi connectivity index (χ2n) is 5.55. The Kier molecular flexibility index (Phi) is 5.03. The van der Waals surface area contributed by atoms with Crippen LogP contribution in [0.25, 0.3) is 10.9 Å². The Morgan fingerprint density at radius 2 is 1.68 bits per heavy atom. The van der Waals surface area contributed by atoms with Gasteiger partial charge in [0.25, 0.3) is 0 Å². The van der Waals surface area contributed by atoms with E-state index in [1.54, 1.807) is 0 Å². The summed E-state index contributed by atoms with van der Waals surface area (Å²) in [7, 11) is 4.56. The Morgan fingerprint density at radius 1 is 1.00 bits per heavy atom. The van der Waals surface area contributed by atoms with E-state index in [4.69, 9.17) is 36.3 Å². The van der Waals surface area contributed by atoms with Crippen molar-refractivity contribution in [1.82, 2.24) is 9.97 Å². The number of allylic oxidation sites excluding steroid dienone is 1. The van der Waals surface area contributed by atoms with Crippen LogP contribution in [0.2, 0.25) is 5.28 Å². The zero-order chi connectivity index (χ0) is 18.0. The number of ether oxygens (including phenoxy) is 4. The molecular formula is C17H20ClN3O4. The van der Waals surface area contributed by atoms with Crippen LogP contribution in [0.15, 0.2) is 12.2 Å². The summed E-state index contributed by atoms with van der Waals surface area (Å²) >= 11 is 6.02. The fourth-order valence-electron chi connectivity index (χ4n) is 2.98. The first-order chi connectivity index (χ1) is 12.1. The normalized spacial score (nSPS) is 16.7. The fraction of sp³-hybridized carbons (Fsp3) is 0.412. The van der Waals surface area contributed by atoms with E-state index in [1.165, 1.54) is 21.3 Å². The second kappa shape index (κ2) is 7.23. The molecule has 1 unspecified atom stereocenters. The Hall–Kier alpha value is -2.41. The molecule has 0 bridgehead atoms. The lowest BCUT2D eigenvalue weighted by atomic mass is 10.0. The molecule has 2 aromatic rings. The topological polar surface area (TPSA) is 88.7 Å². The van der Waals surface area contributed by atoms with Gasteiger partial charge in [-0.05, 0) is 24.4 Å². The summed E-state index contributed by atoms with van der Waals surface area (Å²) in [6.07, 6.45) is 6.88. The smallest absolute Gasteiger partial charge is 0.225 e. The molecule has 0 amide bonds. The van der Waals surface area contributed by atoms with Crippen LogP contribution in [-0.4, -0.2) is 37.4 Å². The number of nitrogens with zero attached hydrogens (tertiary/aromatic N) is 2. The van der Waals surface area contributed by atoms with Crippen molar-refractivity contribution in [1.29, 1.82) is 0 Å². The van der Waals surface area contributed by atoms with Gasteiger partial charge in [0.15, 0.2) is 11.5 Å². The van der Waals surface area contributed by atoms with E-state index in [2.05, 4.69) is 22.1 Å². The summed E-state index contributed by atoms with van der Waals surface area (Å²) in [4.78, 5) is 8.33. The molecule has 1 atom stereocenters. The standard InChI is InChI=1S/C17H20ClN3O4/c1-22-12-10-11(20-17(18)21-16(10)19)13(15(24-3)14(12)23-2)25-9-7-5-4-6-8-9/h4-5,9H,6-8H2,1-3H3,(H2,19,20,21). The summed E-state index contributed by atoms with van der Waals surface area (Å²) in [5.74, 6) is 1.74. The lowest BCUT2D eigenvalue weighted by molar-refractivity contribution is 0.183. The van der Waals surface area contributed by atoms with Crippen LogP contribution in [0, 0.1) is 0 Å². The lowest BCUT2D eigenvalue weighted by Crippen LogP contribution is -2.18. The lowest BCUT2D eigenvalue weighted by Gasteiger charge is -2.24. The van der Waals surface area contributed by atoms with Crippen molar-refractivity contribution in [2.45, 2.75) is 25.4 Å². The Bertz CT molecular complexity index is 826. The van der Waals surface area contributed by atoms with Gasteiger partial charge >= 0.3 is 0 Å². The van der Waals surface area contributed by atoms with Crippen LogP contribution in [-0.2, 0) is 0 Å². The number of nitrogen functional groups attached to an aromatic ring is 1. The van der Waals surface area contributed by atoms with Crippen LogP contribution in [0.5, 0.6) is 23.0 Å². The molecule has 0 spiro atoms. The largest absolute Gasteiger partial charge is 0.492 e. The molecule has 134 valence electrons. The van der Waals surface area contributed by atoms with E-state index in [9.17, 15) is 0 Å². The van der Waals surface area contributed by atoms with Crippen molar-refractivity contribution in [3.8, 4) is 23.0 Å². The predicted octanol–water partition coefficient (Wildman–Crippen LogP) is 3.38. The number of benzene rings is 1. The highest BCUT2D eigenvalue weighted by Crippen LogP contribution is 2.52. The molecular weight excluding hydrogens is 346 g/mol. The number of hydrogen-bond acceptors (Lipinski definition) is 7. The third-order valence-electron chi connectivity index (χ3n) is 4.09. The van der Waals surface area contributed by atoms with Crippen LogP contribution in [0.3, 0.4) is 0 Å². The van der Waals surface area contributed by atoms with E-state index < -0.39 is 0 Å². The maximum Gasteiger partial charge on any atom is 0.225 e. The van der Waals surface area contributed by atoms with E-state index >= 15 is 0 Å². The third-order valence-corrected chi connectivity index (χ3v) is 4.26. The van der Waals surface area contributed by atoms with Crippen LogP contribution >= 0.6 is 11.6 Å². The molecule has 2 N–H and O–H groups in total. The van der Waals surface area contributed by atoms with Gasteiger partial charge < -0.3 is 24.7 Å². The van der Waals surface area contributed by atoms with Crippen molar-refractivity contribution in [3.05, 3.63) is 17.4 Å². The minimum absolute atomic E-state index is 0.00448. The van der Waals surface area contributed by atoms with Gasteiger partial charge in [0.05, 0.1) is 26.7 Å². The minimum atomic E-state index is -0.00448. The summed E-state index contributed by atoms with van der Waals surface area (Å²) in [6.45, 7) is 0. The number of aromatic nitrogens is 2. The molecule has 8 heteroatoms. The van der Waals surface area contributed by atoms with Crippen LogP contribution < -0.4 is 24.7 Å². The molecule has 0 aliphatic heterocycles. The average molecular weight is 366 g/mol. The number of fused-ring (bicyclic) bond motifs is 1. The van der Waals surface area contributed by atoms with Gasteiger partial charge in [-0.15, -0.1) is 0 Å². The minimum Gasteiger partial charge on any atom is -0.492 e. The van der Waals surface area contributed by atoms with E-state index in [0.29, 0.717) is 33.9 Å². The number of rotatable bonds is 5. The van der Waals surface area contributed by atoms with Gasteiger partial charge in [-0.2, -0.15) is 0 Å².